The van der Waals surface area contributed by atoms with E-state index in [1.165, 1.54) is 7.11 Å². The Hall–Kier alpha value is -3.20. The molecule has 0 saturated carbocycles. The highest BCUT2D eigenvalue weighted by atomic mass is 16.5. The Labute approximate surface area is 215 Å². The van der Waals surface area contributed by atoms with E-state index in [0.29, 0.717) is 19.6 Å². The van der Waals surface area contributed by atoms with E-state index >= 15 is 0 Å². The molecule has 0 aliphatic rings. The summed E-state index contributed by atoms with van der Waals surface area (Å²) in [6.45, 7) is 6.43. The van der Waals surface area contributed by atoms with Crippen LogP contribution >= 0.6 is 0 Å². The highest BCUT2D eigenvalue weighted by molar-refractivity contribution is 5.78. The van der Waals surface area contributed by atoms with Crippen LogP contribution in [0.15, 0.2) is 24.3 Å². The van der Waals surface area contributed by atoms with Crippen LogP contribution in [0.2, 0.25) is 0 Å². The quantitative estimate of drug-likeness (QED) is 0.284. The van der Waals surface area contributed by atoms with Crippen LogP contribution in [-0.2, 0) is 33.7 Å². The van der Waals surface area contributed by atoms with Crippen LogP contribution in [0.25, 0.3) is 0 Å². The van der Waals surface area contributed by atoms with E-state index in [-0.39, 0.29) is 24.2 Å². The zero-order valence-electron chi connectivity index (χ0n) is 22.5. The van der Waals surface area contributed by atoms with Crippen LogP contribution < -0.4 is 11.1 Å². The maximum absolute atomic E-state index is 13.0. The number of rotatable bonds is 15. The van der Waals surface area contributed by atoms with Crippen molar-refractivity contribution in [3.8, 4) is 0 Å². The standard InChI is InChI=1S/C27H42N6O3/c1-6-7-8-15-29-26-23(20(2)30-27(28)31-26)10-9-16-33(24(34)19-32(3)4)18-22-13-11-21(12-14-22)17-25(35)36-5/h11-14H,6-10,15-19H2,1-5H3,(H3,28,29,30,31). The van der Waals surface area contributed by atoms with Gasteiger partial charge in [0.15, 0.2) is 0 Å². The van der Waals surface area contributed by atoms with Gasteiger partial charge in [0, 0.05) is 30.9 Å². The number of nitrogens with two attached hydrogens (primary N) is 1. The SMILES string of the molecule is CCCCCNc1nc(N)nc(C)c1CCCN(Cc1ccc(CC(=O)OC)cc1)C(=O)CN(C)C. The molecule has 2 aromatic rings. The Morgan fingerprint density at radius 1 is 1.06 bits per heavy atom. The number of carbonyl (C=O) groups is 2. The molecule has 0 spiro atoms. The van der Waals surface area contributed by atoms with Crippen LogP contribution in [0.3, 0.4) is 0 Å². The van der Waals surface area contributed by atoms with Gasteiger partial charge in [0.1, 0.15) is 5.82 Å². The number of hydrogen-bond donors (Lipinski definition) is 2. The highest BCUT2D eigenvalue weighted by Gasteiger charge is 2.17. The molecule has 0 fully saturated rings. The van der Waals surface area contributed by atoms with Crippen LogP contribution in [0.1, 0.15) is 55.0 Å². The Morgan fingerprint density at radius 3 is 2.39 bits per heavy atom. The summed E-state index contributed by atoms with van der Waals surface area (Å²) in [7, 11) is 5.17. The third-order valence-electron chi connectivity index (χ3n) is 5.94. The molecule has 0 unspecified atom stereocenters. The molecule has 1 aromatic carbocycles. The number of hydrogen-bond acceptors (Lipinski definition) is 8. The number of nitrogens with one attached hydrogen (secondary N) is 1. The summed E-state index contributed by atoms with van der Waals surface area (Å²) in [5, 5.41) is 3.43. The lowest BCUT2D eigenvalue weighted by molar-refractivity contribution is -0.139. The van der Waals surface area contributed by atoms with Gasteiger partial charge in [0.25, 0.3) is 0 Å². The molecular formula is C27H42N6O3. The van der Waals surface area contributed by atoms with Crippen molar-refractivity contribution in [2.24, 2.45) is 0 Å². The van der Waals surface area contributed by atoms with Crippen molar-refractivity contribution >= 4 is 23.6 Å². The molecule has 0 aliphatic heterocycles. The molecule has 1 aromatic heterocycles. The summed E-state index contributed by atoms with van der Waals surface area (Å²) in [5.41, 5.74) is 9.72. The van der Waals surface area contributed by atoms with Gasteiger partial charge < -0.3 is 25.6 Å². The van der Waals surface area contributed by atoms with Crippen molar-refractivity contribution in [2.75, 3.05) is 51.9 Å². The molecule has 0 saturated heterocycles. The second kappa shape index (κ2) is 15.0. The number of anilines is 2. The molecule has 0 radical (unpaired) electrons. The molecule has 0 atom stereocenters. The number of ether oxygens (including phenoxy) is 1. The minimum atomic E-state index is -0.272. The molecule has 1 heterocycles. The van der Waals surface area contributed by atoms with Crippen molar-refractivity contribution in [3.63, 3.8) is 0 Å². The van der Waals surface area contributed by atoms with Crippen molar-refractivity contribution in [3.05, 3.63) is 46.6 Å². The zero-order valence-corrected chi connectivity index (χ0v) is 22.5. The molecule has 9 heteroatoms. The first-order valence-corrected chi connectivity index (χ1v) is 12.7. The Bertz CT molecular complexity index is 978. The number of benzene rings is 1. The number of methoxy groups -OCH3 is 1. The van der Waals surface area contributed by atoms with Crippen LogP contribution in [0.4, 0.5) is 11.8 Å². The topological polar surface area (TPSA) is 114 Å². The lowest BCUT2D eigenvalue weighted by Crippen LogP contribution is -2.38. The molecule has 198 valence electrons. The fraction of sp³-hybridized carbons (Fsp3) is 0.556. The number of aryl methyl sites for hydroxylation is 1. The normalized spacial score (nSPS) is 10.9. The van der Waals surface area contributed by atoms with Gasteiger partial charge in [0.05, 0.1) is 20.1 Å². The number of likely N-dealkylation sites (N-methyl/N-ethyl adjacent to an activating group) is 1. The van der Waals surface area contributed by atoms with E-state index < -0.39 is 0 Å². The van der Waals surface area contributed by atoms with Gasteiger partial charge in [0.2, 0.25) is 11.9 Å². The van der Waals surface area contributed by atoms with Gasteiger partial charge in [-0.15, -0.1) is 0 Å². The van der Waals surface area contributed by atoms with Crippen molar-refractivity contribution in [2.45, 2.75) is 58.9 Å². The van der Waals surface area contributed by atoms with Crippen molar-refractivity contribution in [1.82, 2.24) is 19.8 Å². The summed E-state index contributed by atoms with van der Waals surface area (Å²) in [4.78, 5) is 37.1. The number of aromatic nitrogens is 2. The second-order valence-corrected chi connectivity index (χ2v) is 9.35. The lowest BCUT2D eigenvalue weighted by Gasteiger charge is -2.25. The average Bonchev–Trinajstić information content (AvgIpc) is 2.83. The van der Waals surface area contributed by atoms with E-state index in [1.807, 2.05) is 55.1 Å². The molecule has 2 rings (SSSR count). The number of nitrogen functional groups attached to an aromatic ring is 1. The number of esters is 1. The third-order valence-corrected chi connectivity index (χ3v) is 5.94. The number of nitrogens with zero attached hydrogens (tertiary/aromatic N) is 4. The fourth-order valence-electron chi connectivity index (χ4n) is 3.98. The van der Waals surface area contributed by atoms with Crippen molar-refractivity contribution in [1.29, 1.82) is 0 Å². The summed E-state index contributed by atoms with van der Waals surface area (Å²) in [5.74, 6) is 0.865. The lowest BCUT2D eigenvalue weighted by atomic mass is 10.1. The Balaban J connectivity index is 2.08. The first-order chi connectivity index (χ1) is 17.2. The molecular weight excluding hydrogens is 456 g/mol. The van der Waals surface area contributed by atoms with E-state index in [0.717, 1.165) is 66.9 Å². The first kappa shape index (κ1) is 29.0. The Morgan fingerprint density at radius 2 is 1.75 bits per heavy atom. The number of carbonyl (C=O) groups excluding carboxylic acids is 2. The van der Waals surface area contributed by atoms with Gasteiger partial charge in [-0.05, 0) is 51.4 Å². The van der Waals surface area contributed by atoms with Crippen molar-refractivity contribution < 1.29 is 14.3 Å². The Kier molecular flexibility index (Phi) is 12.1. The molecule has 3 N–H and O–H groups in total. The average molecular weight is 499 g/mol. The van der Waals surface area contributed by atoms with Crippen LogP contribution in [0, 0.1) is 6.92 Å². The highest BCUT2D eigenvalue weighted by Crippen LogP contribution is 2.20. The van der Waals surface area contributed by atoms with Gasteiger partial charge in [-0.25, -0.2) is 4.98 Å². The van der Waals surface area contributed by atoms with Gasteiger partial charge >= 0.3 is 5.97 Å². The minimum Gasteiger partial charge on any atom is -0.469 e. The van der Waals surface area contributed by atoms with Gasteiger partial charge in [-0.1, -0.05) is 44.0 Å². The largest absolute Gasteiger partial charge is 0.469 e. The summed E-state index contributed by atoms with van der Waals surface area (Å²) >= 11 is 0. The van der Waals surface area contributed by atoms with E-state index in [9.17, 15) is 9.59 Å². The van der Waals surface area contributed by atoms with E-state index in [4.69, 9.17) is 10.5 Å². The summed E-state index contributed by atoms with van der Waals surface area (Å²) in [6.07, 6.45) is 5.14. The first-order valence-electron chi connectivity index (χ1n) is 12.7. The van der Waals surface area contributed by atoms with Gasteiger partial charge in [-0.2, -0.15) is 4.98 Å². The molecule has 0 bridgehead atoms. The predicted molar refractivity (Wildman–Crippen MR) is 144 cm³/mol. The second-order valence-electron chi connectivity index (χ2n) is 9.35. The molecule has 1 amide bonds. The van der Waals surface area contributed by atoms with E-state index in [2.05, 4.69) is 22.2 Å². The predicted octanol–water partition coefficient (Wildman–Crippen LogP) is 3.21. The summed E-state index contributed by atoms with van der Waals surface area (Å²) < 4.78 is 4.74. The smallest absolute Gasteiger partial charge is 0.309 e. The maximum Gasteiger partial charge on any atom is 0.309 e. The molecule has 0 aliphatic carbocycles. The molecule has 9 nitrogen and oxygen atoms in total. The number of amides is 1. The van der Waals surface area contributed by atoms with E-state index in [1.54, 1.807) is 0 Å². The fourth-order valence-corrected chi connectivity index (χ4v) is 3.98. The van der Waals surface area contributed by atoms with Gasteiger partial charge in [-0.3, -0.25) is 9.59 Å². The zero-order chi connectivity index (χ0) is 26.5. The maximum atomic E-state index is 13.0. The minimum absolute atomic E-state index is 0.0711. The summed E-state index contributed by atoms with van der Waals surface area (Å²) in [6, 6.07) is 7.74. The van der Waals surface area contributed by atoms with Crippen LogP contribution in [0.5, 0.6) is 0 Å². The molecule has 36 heavy (non-hydrogen) atoms. The van der Waals surface area contributed by atoms with Crippen LogP contribution in [-0.4, -0.2) is 72.5 Å². The monoisotopic (exact) mass is 498 g/mol. The number of unbranched alkanes of at least 4 members (excludes halogenated alkanes) is 2. The third kappa shape index (κ3) is 9.81.